The van der Waals surface area contributed by atoms with Crippen LogP contribution in [0, 0.1) is 11.8 Å². The molecule has 0 aromatic heterocycles. The zero-order valence-electron chi connectivity index (χ0n) is 12.3. The van der Waals surface area contributed by atoms with Crippen molar-refractivity contribution in [3.8, 4) is 0 Å². The normalized spacial score (nSPS) is 24.8. The van der Waals surface area contributed by atoms with Gasteiger partial charge >= 0.3 is 6.09 Å². The number of ether oxygens (including phenoxy) is 1. The maximum absolute atomic E-state index is 12.3. The lowest BCUT2D eigenvalue weighted by Gasteiger charge is -2.24. The lowest BCUT2D eigenvalue weighted by atomic mass is 9.91. The van der Waals surface area contributed by atoms with Crippen molar-refractivity contribution in [3.63, 3.8) is 0 Å². The van der Waals surface area contributed by atoms with Crippen molar-refractivity contribution in [1.82, 2.24) is 4.90 Å². The summed E-state index contributed by atoms with van der Waals surface area (Å²) in [7, 11) is 0. The van der Waals surface area contributed by atoms with Crippen LogP contribution in [-0.4, -0.2) is 35.5 Å². The van der Waals surface area contributed by atoms with Crippen LogP contribution >= 0.6 is 0 Å². The molecule has 1 heterocycles. The SMILES string of the molecule is CC(C)(C)OC(=O)N1CCC(C(=O)C2CCCC2)C1. The van der Waals surface area contributed by atoms with E-state index in [9.17, 15) is 9.59 Å². The highest BCUT2D eigenvalue weighted by atomic mass is 16.6. The van der Waals surface area contributed by atoms with Gasteiger partial charge in [0.2, 0.25) is 0 Å². The average Bonchev–Trinajstić information content (AvgIpc) is 2.98. The van der Waals surface area contributed by atoms with Crippen molar-refractivity contribution in [2.45, 2.75) is 58.5 Å². The molecule has 1 saturated heterocycles. The Kier molecular flexibility index (Phi) is 4.16. The molecular weight excluding hydrogens is 242 g/mol. The van der Waals surface area contributed by atoms with Gasteiger partial charge in [0.25, 0.3) is 0 Å². The minimum Gasteiger partial charge on any atom is -0.444 e. The number of rotatable bonds is 2. The summed E-state index contributed by atoms with van der Waals surface area (Å²) in [6.45, 7) is 6.79. The molecule has 4 heteroatoms. The van der Waals surface area contributed by atoms with E-state index in [0.29, 0.717) is 18.9 Å². The molecule has 0 bridgehead atoms. The summed E-state index contributed by atoms with van der Waals surface area (Å²) in [4.78, 5) is 25.9. The van der Waals surface area contributed by atoms with E-state index in [1.165, 1.54) is 12.8 Å². The van der Waals surface area contributed by atoms with Crippen molar-refractivity contribution in [1.29, 1.82) is 0 Å². The minimum atomic E-state index is -0.468. The van der Waals surface area contributed by atoms with Crippen LogP contribution in [0.3, 0.4) is 0 Å². The monoisotopic (exact) mass is 267 g/mol. The van der Waals surface area contributed by atoms with Crippen molar-refractivity contribution in [2.24, 2.45) is 11.8 Å². The fourth-order valence-electron chi connectivity index (χ4n) is 3.03. The Morgan fingerprint density at radius 3 is 2.26 bits per heavy atom. The Hall–Kier alpha value is -1.06. The Morgan fingerprint density at radius 2 is 1.68 bits per heavy atom. The van der Waals surface area contributed by atoms with Gasteiger partial charge in [0.15, 0.2) is 0 Å². The third-order valence-corrected chi connectivity index (χ3v) is 4.00. The highest BCUT2D eigenvalue weighted by Crippen LogP contribution is 2.31. The molecule has 1 aliphatic carbocycles. The molecule has 0 aromatic carbocycles. The summed E-state index contributed by atoms with van der Waals surface area (Å²) in [6.07, 6.45) is 4.96. The first-order valence-electron chi connectivity index (χ1n) is 7.38. The Morgan fingerprint density at radius 1 is 1.05 bits per heavy atom. The number of nitrogens with zero attached hydrogens (tertiary/aromatic N) is 1. The number of hydrogen-bond acceptors (Lipinski definition) is 3. The van der Waals surface area contributed by atoms with Gasteiger partial charge in [-0.2, -0.15) is 0 Å². The number of Topliss-reactive ketones (excluding diaryl/α,β-unsaturated/α-hetero) is 1. The van der Waals surface area contributed by atoms with Gasteiger partial charge in [0, 0.05) is 24.9 Å². The number of likely N-dealkylation sites (tertiary alicyclic amines) is 1. The Balaban J connectivity index is 1.85. The minimum absolute atomic E-state index is 0.0376. The Bertz CT molecular complexity index is 353. The van der Waals surface area contributed by atoms with Crippen molar-refractivity contribution < 1.29 is 14.3 Å². The van der Waals surface area contributed by atoms with Crippen LogP contribution in [0.5, 0.6) is 0 Å². The molecule has 19 heavy (non-hydrogen) atoms. The molecule has 0 radical (unpaired) electrons. The van der Waals surface area contributed by atoms with E-state index < -0.39 is 5.60 Å². The third-order valence-electron chi connectivity index (χ3n) is 4.00. The molecule has 108 valence electrons. The topological polar surface area (TPSA) is 46.6 Å². The molecule has 0 spiro atoms. The first kappa shape index (κ1) is 14.4. The second kappa shape index (κ2) is 5.51. The summed E-state index contributed by atoms with van der Waals surface area (Å²) in [5, 5.41) is 0. The lowest BCUT2D eigenvalue weighted by molar-refractivity contribution is -0.126. The van der Waals surface area contributed by atoms with E-state index in [0.717, 1.165) is 19.3 Å². The summed E-state index contributed by atoms with van der Waals surface area (Å²) >= 11 is 0. The highest BCUT2D eigenvalue weighted by Gasteiger charge is 2.36. The van der Waals surface area contributed by atoms with Crippen LogP contribution in [0.1, 0.15) is 52.9 Å². The third kappa shape index (κ3) is 3.71. The van der Waals surface area contributed by atoms with E-state index >= 15 is 0 Å². The van der Waals surface area contributed by atoms with E-state index in [1.807, 2.05) is 20.8 Å². The van der Waals surface area contributed by atoms with E-state index in [4.69, 9.17) is 4.74 Å². The number of carbonyl (C=O) groups excluding carboxylic acids is 2. The molecule has 2 aliphatic rings. The van der Waals surface area contributed by atoms with Gasteiger partial charge in [0.05, 0.1) is 0 Å². The van der Waals surface area contributed by atoms with Gasteiger partial charge in [-0.15, -0.1) is 0 Å². The van der Waals surface area contributed by atoms with Crippen LogP contribution in [0.15, 0.2) is 0 Å². The first-order chi connectivity index (χ1) is 8.87. The number of amides is 1. The standard InChI is InChI=1S/C15H25NO3/c1-15(2,3)19-14(18)16-9-8-12(10-16)13(17)11-6-4-5-7-11/h11-12H,4-10H2,1-3H3. The molecule has 1 aliphatic heterocycles. The van der Waals surface area contributed by atoms with Gasteiger partial charge < -0.3 is 9.64 Å². The average molecular weight is 267 g/mol. The molecule has 2 rings (SSSR count). The predicted molar refractivity (Wildman–Crippen MR) is 72.9 cm³/mol. The maximum atomic E-state index is 12.3. The highest BCUT2D eigenvalue weighted by molar-refractivity contribution is 5.85. The molecule has 1 atom stereocenters. The van der Waals surface area contributed by atoms with Crippen LogP contribution < -0.4 is 0 Å². The van der Waals surface area contributed by atoms with Crippen LogP contribution in [0.4, 0.5) is 4.79 Å². The fraction of sp³-hybridized carbons (Fsp3) is 0.867. The summed E-state index contributed by atoms with van der Waals surface area (Å²) in [5.41, 5.74) is -0.468. The van der Waals surface area contributed by atoms with Crippen molar-refractivity contribution in [2.75, 3.05) is 13.1 Å². The van der Waals surface area contributed by atoms with E-state index in [-0.39, 0.29) is 17.9 Å². The molecule has 1 amide bonds. The van der Waals surface area contributed by atoms with E-state index in [1.54, 1.807) is 4.90 Å². The number of hydrogen-bond donors (Lipinski definition) is 0. The maximum Gasteiger partial charge on any atom is 0.410 e. The smallest absolute Gasteiger partial charge is 0.410 e. The van der Waals surface area contributed by atoms with Crippen molar-refractivity contribution >= 4 is 11.9 Å². The zero-order chi connectivity index (χ0) is 14.0. The lowest BCUT2D eigenvalue weighted by Crippen LogP contribution is -2.36. The molecule has 1 unspecified atom stereocenters. The molecule has 0 N–H and O–H groups in total. The van der Waals surface area contributed by atoms with Crippen LogP contribution in [0.25, 0.3) is 0 Å². The zero-order valence-corrected chi connectivity index (χ0v) is 12.3. The van der Waals surface area contributed by atoms with Crippen LogP contribution in [0.2, 0.25) is 0 Å². The number of ketones is 1. The molecule has 4 nitrogen and oxygen atoms in total. The molecular formula is C15H25NO3. The van der Waals surface area contributed by atoms with Gasteiger partial charge in [-0.3, -0.25) is 4.79 Å². The largest absolute Gasteiger partial charge is 0.444 e. The van der Waals surface area contributed by atoms with Gasteiger partial charge in [0.1, 0.15) is 11.4 Å². The Labute approximate surface area is 115 Å². The molecule has 1 saturated carbocycles. The molecule has 0 aromatic rings. The second-order valence-electron chi connectivity index (χ2n) is 6.80. The van der Waals surface area contributed by atoms with Crippen LogP contribution in [-0.2, 0) is 9.53 Å². The summed E-state index contributed by atoms with van der Waals surface area (Å²) in [6, 6.07) is 0. The first-order valence-corrected chi connectivity index (χ1v) is 7.38. The quantitative estimate of drug-likeness (QED) is 0.772. The molecule has 2 fully saturated rings. The van der Waals surface area contributed by atoms with Crippen molar-refractivity contribution in [3.05, 3.63) is 0 Å². The number of carbonyl (C=O) groups is 2. The fourth-order valence-corrected chi connectivity index (χ4v) is 3.03. The van der Waals surface area contributed by atoms with Gasteiger partial charge in [-0.25, -0.2) is 4.79 Å². The second-order valence-corrected chi connectivity index (χ2v) is 6.80. The van der Waals surface area contributed by atoms with Gasteiger partial charge in [-0.1, -0.05) is 12.8 Å². The summed E-state index contributed by atoms with van der Waals surface area (Å²) in [5.74, 6) is 0.669. The van der Waals surface area contributed by atoms with Gasteiger partial charge in [-0.05, 0) is 40.0 Å². The summed E-state index contributed by atoms with van der Waals surface area (Å²) < 4.78 is 5.35. The predicted octanol–water partition coefficient (Wildman–Crippen LogP) is 3.00. The van der Waals surface area contributed by atoms with E-state index in [2.05, 4.69) is 0 Å².